The number of esters is 1. The molecule has 0 bridgehead atoms. The van der Waals surface area contributed by atoms with Crippen LogP contribution in [0.1, 0.15) is 38.4 Å². The van der Waals surface area contributed by atoms with E-state index in [1.165, 1.54) is 0 Å². The molecule has 0 aromatic carbocycles. The second-order valence-corrected chi connectivity index (χ2v) is 4.46. The van der Waals surface area contributed by atoms with Crippen molar-refractivity contribution in [2.45, 2.75) is 32.6 Å². The molecular formula is C13H20N4O2. The van der Waals surface area contributed by atoms with E-state index in [4.69, 9.17) is 4.74 Å². The third-order valence-electron chi connectivity index (χ3n) is 2.76. The fourth-order valence-corrected chi connectivity index (χ4v) is 1.73. The Kier molecular flexibility index (Phi) is 4.54. The molecule has 6 heteroatoms. The van der Waals surface area contributed by atoms with Gasteiger partial charge in [0.2, 0.25) is 0 Å². The first-order valence-corrected chi connectivity index (χ1v) is 6.75. The number of hydrogen-bond acceptors (Lipinski definition) is 6. The Morgan fingerprint density at radius 1 is 1.32 bits per heavy atom. The second kappa shape index (κ2) is 6.36. The van der Waals surface area contributed by atoms with Crippen molar-refractivity contribution in [1.82, 2.24) is 9.97 Å². The van der Waals surface area contributed by atoms with Crippen molar-refractivity contribution >= 4 is 17.6 Å². The highest BCUT2D eigenvalue weighted by molar-refractivity contribution is 5.74. The van der Waals surface area contributed by atoms with Crippen molar-refractivity contribution in [3.8, 4) is 0 Å². The molecule has 1 heterocycles. The van der Waals surface area contributed by atoms with E-state index in [2.05, 4.69) is 20.6 Å². The van der Waals surface area contributed by atoms with E-state index in [-0.39, 0.29) is 12.5 Å². The first-order chi connectivity index (χ1) is 9.22. The Labute approximate surface area is 113 Å². The molecule has 1 aromatic heterocycles. The van der Waals surface area contributed by atoms with Crippen molar-refractivity contribution in [3.63, 3.8) is 0 Å². The molecule has 1 aromatic rings. The fraction of sp³-hybridized carbons (Fsp3) is 0.615. The van der Waals surface area contributed by atoms with Crippen LogP contribution >= 0.6 is 0 Å². The van der Waals surface area contributed by atoms with E-state index in [0.717, 1.165) is 31.0 Å². The molecule has 1 saturated carbocycles. The molecular weight excluding hydrogens is 244 g/mol. The summed E-state index contributed by atoms with van der Waals surface area (Å²) < 4.78 is 4.87. The molecule has 0 spiro atoms. The number of carbonyl (C=O) groups is 1. The SMILES string of the molecule is CCNc1cc(NCC(=O)OCC)nc(C2CC2)n1. The molecule has 0 unspecified atom stereocenters. The average Bonchev–Trinajstić information content (AvgIpc) is 3.21. The number of anilines is 2. The van der Waals surface area contributed by atoms with Crippen molar-refractivity contribution in [2.75, 3.05) is 30.3 Å². The predicted molar refractivity (Wildman–Crippen MR) is 73.3 cm³/mol. The van der Waals surface area contributed by atoms with Gasteiger partial charge in [0.25, 0.3) is 0 Å². The van der Waals surface area contributed by atoms with Gasteiger partial charge in [0.1, 0.15) is 24.0 Å². The average molecular weight is 264 g/mol. The number of rotatable bonds is 7. The molecule has 0 radical (unpaired) electrons. The molecule has 0 saturated heterocycles. The van der Waals surface area contributed by atoms with Crippen LogP contribution in [0.15, 0.2) is 6.07 Å². The van der Waals surface area contributed by atoms with Gasteiger partial charge in [0.05, 0.1) is 6.61 Å². The Morgan fingerprint density at radius 2 is 2.00 bits per heavy atom. The molecule has 0 amide bonds. The van der Waals surface area contributed by atoms with Crippen molar-refractivity contribution in [2.24, 2.45) is 0 Å². The maximum absolute atomic E-state index is 11.3. The monoisotopic (exact) mass is 264 g/mol. The van der Waals surface area contributed by atoms with Crippen LogP contribution in [-0.2, 0) is 9.53 Å². The quantitative estimate of drug-likeness (QED) is 0.731. The van der Waals surface area contributed by atoms with E-state index < -0.39 is 0 Å². The summed E-state index contributed by atoms with van der Waals surface area (Å²) in [6.45, 7) is 5.13. The number of nitrogens with one attached hydrogen (secondary N) is 2. The summed E-state index contributed by atoms with van der Waals surface area (Å²) in [4.78, 5) is 20.2. The lowest BCUT2D eigenvalue weighted by molar-refractivity contribution is -0.140. The van der Waals surface area contributed by atoms with Crippen molar-refractivity contribution in [1.29, 1.82) is 0 Å². The summed E-state index contributed by atoms with van der Waals surface area (Å²) in [5, 5.41) is 6.16. The first kappa shape index (κ1) is 13.6. The van der Waals surface area contributed by atoms with Crippen LogP contribution in [0.3, 0.4) is 0 Å². The second-order valence-electron chi connectivity index (χ2n) is 4.46. The predicted octanol–water partition coefficient (Wildman–Crippen LogP) is 1.76. The molecule has 0 atom stereocenters. The third kappa shape index (κ3) is 4.08. The van der Waals surface area contributed by atoms with Crippen LogP contribution in [0, 0.1) is 0 Å². The lowest BCUT2D eigenvalue weighted by Gasteiger charge is -2.10. The number of carbonyl (C=O) groups excluding carboxylic acids is 1. The largest absolute Gasteiger partial charge is 0.465 e. The minimum Gasteiger partial charge on any atom is -0.465 e. The summed E-state index contributed by atoms with van der Waals surface area (Å²) in [6, 6.07) is 1.81. The smallest absolute Gasteiger partial charge is 0.325 e. The number of aromatic nitrogens is 2. The zero-order valence-corrected chi connectivity index (χ0v) is 11.4. The minimum atomic E-state index is -0.279. The van der Waals surface area contributed by atoms with Gasteiger partial charge in [-0.15, -0.1) is 0 Å². The highest BCUT2D eigenvalue weighted by Gasteiger charge is 2.27. The summed E-state index contributed by atoms with van der Waals surface area (Å²) in [6.07, 6.45) is 2.29. The van der Waals surface area contributed by atoms with Gasteiger partial charge in [-0.25, -0.2) is 9.97 Å². The van der Waals surface area contributed by atoms with E-state index in [0.29, 0.717) is 18.3 Å². The molecule has 19 heavy (non-hydrogen) atoms. The van der Waals surface area contributed by atoms with Crippen molar-refractivity contribution in [3.05, 3.63) is 11.9 Å². The van der Waals surface area contributed by atoms with Gasteiger partial charge < -0.3 is 15.4 Å². The summed E-state index contributed by atoms with van der Waals surface area (Å²) >= 11 is 0. The van der Waals surface area contributed by atoms with Crippen LogP contribution < -0.4 is 10.6 Å². The van der Waals surface area contributed by atoms with E-state index in [1.807, 2.05) is 13.0 Å². The molecule has 2 N–H and O–H groups in total. The molecule has 6 nitrogen and oxygen atoms in total. The number of ether oxygens (including phenoxy) is 1. The molecule has 1 aliphatic rings. The molecule has 1 aliphatic carbocycles. The number of hydrogen-bond donors (Lipinski definition) is 2. The van der Waals surface area contributed by atoms with E-state index >= 15 is 0 Å². The number of nitrogens with zero attached hydrogens (tertiary/aromatic N) is 2. The first-order valence-electron chi connectivity index (χ1n) is 6.75. The maximum Gasteiger partial charge on any atom is 0.325 e. The lowest BCUT2D eigenvalue weighted by Crippen LogP contribution is -2.18. The van der Waals surface area contributed by atoms with Gasteiger partial charge in [-0.05, 0) is 26.7 Å². The highest BCUT2D eigenvalue weighted by Crippen LogP contribution is 2.38. The normalized spacial score (nSPS) is 14.0. The molecule has 104 valence electrons. The standard InChI is InChI=1S/C13H20N4O2/c1-3-14-10-7-11(15-8-12(18)19-4-2)17-13(16-10)9-5-6-9/h7,9H,3-6,8H2,1-2H3,(H2,14,15,16,17). The van der Waals surface area contributed by atoms with E-state index in [9.17, 15) is 4.79 Å². The van der Waals surface area contributed by atoms with Crippen LogP contribution in [0.25, 0.3) is 0 Å². The Bertz CT molecular complexity index is 446. The van der Waals surface area contributed by atoms with Gasteiger partial charge in [-0.1, -0.05) is 0 Å². The minimum absolute atomic E-state index is 0.126. The fourth-order valence-electron chi connectivity index (χ4n) is 1.73. The summed E-state index contributed by atoms with van der Waals surface area (Å²) in [7, 11) is 0. The van der Waals surface area contributed by atoms with Crippen LogP contribution in [0.2, 0.25) is 0 Å². The van der Waals surface area contributed by atoms with Gasteiger partial charge >= 0.3 is 5.97 Å². The van der Waals surface area contributed by atoms with Gasteiger partial charge in [-0.2, -0.15) is 0 Å². The maximum atomic E-state index is 11.3. The summed E-state index contributed by atoms with van der Waals surface area (Å²) in [5.74, 6) is 2.51. The zero-order valence-electron chi connectivity index (χ0n) is 11.4. The van der Waals surface area contributed by atoms with Crippen molar-refractivity contribution < 1.29 is 9.53 Å². The molecule has 2 rings (SSSR count). The zero-order chi connectivity index (χ0) is 13.7. The van der Waals surface area contributed by atoms with E-state index in [1.54, 1.807) is 6.92 Å². The van der Waals surface area contributed by atoms with Crippen LogP contribution in [-0.4, -0.2) is 35.6 Å². The van der Waals surface area contributed by atoms with Crippen LogP contribution in [0.4, 0.5) is 11.6 Å². The third-order valence-corrected chi connectivity index (χ3v) is 2.76. The Balaban J connectivity index is 2.03. The summed E-state index contributed by atoms with van der Waals surface area (Å²) in [5.41, 5.74) is 0. The molecule has 0 aliphatic heterocycles. The lowest BCUT2D eigenvalue weighted by atomic mass is 10.3. The topological polar surface area (TPSA) is 76.1 Å². The van der Waals surface area contributed by atoms with Gasteiger partial charge in [0.15, 0.2) is 0 Å². The Morgan fingerprint density at radius 3 is 2.58 bits per heavy atom. The van der Waals surface area contributed by atoms with Gasteiger partial charge in [-0.3, -0.25) is 4.79 Å². The Hall–Kier alpha value is -1.85. The van der Waals surface area contributed by atoms with Crippen LogP contribution in [0.5, 0.6) is 0 Å². The van der Waals surface area contributed by atoms with Gasteiger partial charge in [0, 0.05) is 18.5 Å². The highest BCUT2D eigenvalue weighted by atomic mass is 16.5. The molecule has 1 fully saturated rings.